The van der Waals surface area contributed by atoms with Gasteiger partial charge in [0.05, 0.1) is 13.0 Å². The minimum atomic E-state index is -5.19. The average Bonchev–Trinajstić information content (AvgIpc) is 1.75. The fourth-order valence-electron chi connectivity index (χ4n) is 13.5. The molecule has 0 spiro atoms. The van der Waals surface area contributed by atoms with Crippen LogP contribution in [-0.4, -0.2) is 208 Å². The molecule has 3 heterocycles. The topological polar surface area (TPSA) is 529 Å². The van der Waals surface area contributed by atoms with Crippen molar-refractivity contribution in [1.82, 2.24) is 79.0 Å². The van der Waals surface area contributed by atoms with Crippen LogP contribution < -0.4 is 85.3 Å². The zero-order chi connectivity index (χ0) is 91.8. The van der Waals surface area contributed by atoms with Gasteiger partial charge in [-0.25, -0.2) is 9.59 Å². The Morgan fingerprint density at radius 3 is 1.55 bits per heavy atom. The van der Waals surface area contributed by atoms with Gasteiger partial charge in [0.2, 0.25) is 76.8 Å². The second-order valence-electron chi connectivity index (χ2n) is 31.2. The Balaban J connectivity index is 0.00000293. The fraction of sp³-hybridized carbons (Fsp3) is 0.430. The zero-order valence-electron chi connectivity index (χ0n) is 70.1. The number of nitrogens with zero attached hydrogens (tertiary/aromatic N) is 2. The number of hydrogen-bond donors (Lipinski definition) is 16. The van der Waals surface area contributed by atoms with Crippen LogP contribution in [0.3, 0.4) is 0 Å². The van der Waals surface area contributed by atoms with Crippen LogP contribution >= 0.6 is 11.6 Å². The first-order valence-electron chi connectivity index (χ1n) is 40.6. The number of hydrogen-bond acceptors (Lipinski definition) is 20. The minimum absolute atomic E-state index is 0.00392. The van der Waals surface area contributed by atoms with E-state index in [4.69, 9.17) is 21.5 Å². The maximum absolute atomic E-state index is 15.5. The number of carbonyl (C=O) groups excluding carboxylic acids is 16. The number of quaternary nitrogens is 1. The number of unbranched alkanes of at least 4 members (excludes halogenated alkanes) is 1. The number of aliphatic hydroxyl groups excluding tert-OH is 1. The molecule has 0 bridgehead atoms. The number of nitrogens with one attached hydrogen (secondary N) is 14. The Bertz CT molecular complexity index is 4790. The van der Waals surface area contributed by atoms with Crippen LogP contribution in [-0.2, 0) is 111 Å². The SMILES string of the molecule is CC(=O)NCc1ccc(C[C@@H](NC(=O)[C@H](Cc2ccc(NC(=O)[C@@H]3CC(=O)NC(=O)N3)cc2)NC(=O)[C@H](CO)NC(=O)[C@@H](Cc2cccnc2)NC(=O)[C@@H](Cc2ccc(Cl)cc2)NC(=O)[C@@H](Cc2ccc3ccccc3c2)NC(C)=O)C(=O)N[C@@H](CC(C)C)C(=O)N[C@@H](CCCCNC(C)C)C(=O)N2CCC[C@H]2C(=O)N[C@H](C)C([NH3+])=O)cc1.O=C([O-])C(F)(F)F. The number of likely N-dealkylation sites (tertiary alicyclic amines) is 1. The molecule has 2 saturated heterocycles. The Hall–Kier alpha value is -12.8. The second kappa shape index (κ2) is 48.3. The summed E-state index contributed by atoms with van der Waals surface area (Å²) in [5.74, 6) is -13.8. The van der Waals surface area contributed by atoms with E-state index < -0.39 is 174 Å². The van der Waals surface area contributed by atoms with E-state index in [9.17, 15) is 61.4 Å². The number of aromatic nitrogens is 1. The average molecular weight is 1760 g/mol. The van der Waals surface area contributed by atoms with Gasteiger partial charge in [-0.2, -0.15) is 13.2 Å². The summed E-state index contributed by atoms with van der Waals surface area (Å²) in [6.07, 6.45) is -1.90. The van der Waals surface area contributed by atoms with E-state index in [0.29, 0.717) is 64.2 Å². The summed E-state index contributed by atoms with van der Waals surface area (Å²) in [5, 5.41) is 59.8. The molecule has 2 fully saturated rings. The van der Waals surface area contributed by atoms with Crippen molar-refractivity contribution < 1.29 is 106 Å². The number of alkyl halides is 3. The van der Waals surface area contributed by atoms with Gasteiger partial charge < -0.3 is 89.0 Å². The lowest BCUT2D eigenvalue weighted by Gasteiger charge is -2.31. The van der Waals surface area contributed by atoms with E-state index in [-0.39, 0.29) is 88.0 Å². The van der Waals surface area contributed by atoms with Gasteiger partial charge in [-0.15, -0.1) is 0 Å². The summed E-state index contributed by atoms with van der Waals surface area (Å²) in [6, 6.07) is 19.4. The van der Waals surface area contributed by atoms with Crippen molar-refractivity contribution in [2.75, 3.05) is 25.0 Å². The van der Waals surface area contributed by atoms with Crippen LogP contribution in [0.1, 0.15) is 127 Å². The number of carboxylic acids is 1. The highest BCUT2D eigenvalue weighted by molar-refractivity contribution is 6.30. The Labute approximate surface area is 724 Å². The number of aliphatic carboxylic acids is 1. The van der Waals surface area contributed by atoms with E-state index >= 15 is 28.8 Å². The van der Waals surface area contributed by atoms with Crippen LogP contribution in [0.5, 0.6) is 0 Å². The molecule has 39 heteroatoms. The molecule has 18 N–H and O–H groups in total. The normalized spacial score (nSPS) is 15.8. The first-order valence-corrected chi connectivity index (χ1v) is 41.0. The van der Waals surface area contributed by atoms with E-state index in [1.807, 2.05) is 56.3 Å². The number of urea groups is 1. The predicted molar refractivity (Wildman–Crippen MR) is 448 cm³/mol. The molecule has 0 aliphatic carbocycles. The summed E-state index contributed by atoms with van der Waals surface area (Å²) in [5.41, 5.74) is 6.64. The molecule has 672 valence electrons. The maximum Gasteiger partial charge on any atom is 0.430 e. The highest BCUT2D eigenvalue weighted by Crippen LogP contribution is 2.24. The van der Waals surface area contributed by atoms with Crippen molar-refractivity contribution in [2.24, 2.45) is 5.92 Å². The molecule has 11 atom stereocenters. The number of pyridine rings is 1. The van der Waals surface area contributed by atoms with Crippen LogP contribution in [0.25, 0.3) is 10.8 Å². The number of anilines is 1. The predicted octanol–water partition coefficient (Wildman–Crippen LogP) is 0.242. The fourth-order valence-corrected chi connectivity index (χ4v) is 13.7. The molecule has 2 aliphatic heterocycles. The van der Waals surface area contributed by atoms with Gasteiger partial charge in [0.1, 0.15) is 72.4 Å². The molecule has 0 unspecified atom stereocenters. The van der Waals surface area contributed by atoms with Crippen molar-refractivity contribution in [3.63, 3.8) is 0 Å². The number of carbonyl (C=O) groups is 16. The molecule has 35 nitrogen and oxygen atoms in total. The zero-order valence-corrected chi connectivity index (χ0v) is 70.9. The largest absolute Gasteiger partial charge is 0.542 e. The monoisotopic (exact) mass is 1760 g/mol. The summed E-state index contributed by atoms with van der Waals surface area (Å²) in [4.78, 5) is 223. The third-order valence-electron chi connectivity index (χ3n) is 20.1. The highest BCUT2D eigenvalue weighted by atomic mass is 35.5. The van der Waals surface area contributed by atoms with Gasteiger partial charge in [-0.3, -0.25) is 78.4 Å². The molecule has 125 heavy (non-hydrogen) atoms. The molecule has 16 amide bonds. The van der Waals surface area contributed by atoms with E-state index in [1.165, 1.54) is 62.3 Å². The van der Waals surface area contributed by atoms with Crippen molar-refractivity contribution in [2.45, 2.75) is 211 Å². The lowest BCUT2D eigenvalue weighted by Crippen LogP contribution is -2.66. The van der Waals surface area contributed by atoms with E-state index in [0.717, 1.165) is 10.8 Å². The number of halogens is 4. The number of imide groups is 1. The quantitative estimate of drug-likeness (QED) is 0.0228. The number of aliphatic hydroxyl groups is 1. The molecule has 1 aromatic heterocycles. The van der Waals surface area contributed by atoms with Gasteiger partial charge in [-0.1, -0.05) is 136 Å². The summed E-state index contributed by atoms with van der Waals surface area (Å²) >= 11 is 6.28. The summed E-state index contributed by atoms with van der Waals surface area (Å²) in [7, 11) is 0. The van der Waals surface area contributed by atoms with E-state index in [1.54, 1.807) is 74.5 Å². The van der Waals surface area contributed by atoms with Gasteiger partial charge in [0, 0.05) is 88.2 Å². The highest BCUT2D eigenvalue weighted by Gasteiger charge is 2.41. The van der Waals surface area contributed by atoms with Gasteiger partial charge in [-0.05, 0) is 132 Å². The van der Waals surface area contributed by atoms with Crippen LogP contribution in [0, 0.1) is 5.92 Å². The molecule has 8 rings (SSSR count). The standard InChI is InChI=1S/C84H106ClN17O16.C2HF3O2/c1-47(2)36-63(75(109)93-62(17-10-11-34-88-48(3)4)83(117)102-35-13-18-71(102)82(116)90-49(5)73(86)107)94-77(111)65(38-52-19-21-55(22-20-52)45-89-50(6)104)96-79(113)67(40-54-26-31-61(32-27-54)92-74(108)69-43-72(106)101-84(118)100-69)98-81(115)70(46-103)99-80(114)68(42-57-14-12-33-87-44-57)97-78(112)66(39-53-24-29-60(85)30-25-53)95-76(110)64(91-51(7)105)41-56-23-28-58-15-8-9-16-59(58)37-56;3-2(4,5)1(6)7/h8-9,12,14-16,19-33,37,44,47-49,62-71,88,103H,10-11,13,17-18,34-36,38-43,45-46H2,1-7H3,(H2,86,107)(H,89,104)(H,90,116)(H,91,105)(H,92,108)(H,93,109)(H,94,111)(H,95,110)(H,96,113)(H,97,112)(H,98,115)(H,99,114)(H2,100,101,106,118);(H,6,7)/t49-,62+,63+,64-,65-,66-,67+,68-,69+,70+,71+;/m1./s1. The third-order valence-corrected chi connectivity index (χ3v) is 20.3. The van der Waals surface area contributed by atoms with Crippen molar-refractivity contribution >= 4 is 123 Å². The molecule has 5 aromatic carbocycles. The third kappa shape index (κ3) is 33.1. The minimum Gasteiger partial charge on any atom is -0.542 e. The van der Waals surface area contributed by atoms with Crippen LogP contribution in [0.4, 0.5) is 23.7 Å². The van der Waals surface area contributed by atoms with Gasteiger partial charge >= 0.3 is 18.1 Å². The summed E-state index contributed by atoms with van der Waals surface area (Å²) < 4.78 is 31.5. The Morgan fingerprint density at radius 1 is 0.568 bits per heavy atom. The number of benzene rings is 5. The van der Waals surface area contributed by atoms with Crippen LogP contribution in [0.15, 0.2) is 140 Å². The van der Waals surface area contributed by atoms with Gasteiger partial charge in [0.25, 0.3) is 0 Å². The number of carboxylic acid groups (broad SMARTS) is 1. The number of fused-ring (bicyclic) bond motifs is 1. The van der Waals surface area contributed by atoms with Crippen molar-refractivity contribution in [3.8, 4) is 0 Å². The smallest absolute Gasteiger partial charge is 0.430 e. The first-order chi connectivity index (χ1) is 59.2. The first kappa shape index (κ1) is 99.3. The molecule has 6 aromatic rings. The lowest BCUT2D eigenvalue weighted by molar-refractivity contribution is -0.344. The van der Waals surface area contributed by atoms with Gasteiger partial charge in [0.15, 0.2) is 0 Å². The Morgan fingerprint density at radius 2 is 1.05 bits per heavy atom. The van der Waals surface area contributed by atoms with Crippen molar-refractivity contribution in [3.05, 3.63) is 178 Å². The lowest BCUT2D eigenvalue weighted by atomic mass is 9.99. The van der Waals surface area contributed by atoms with Crippen LogP contribution in [0.2, 0.25) is 5.02 Å². The van der Waals surface area contributed by atoms with Crippen molar-refractivity contribution in [1.29, 1.82) is 0 Å². The second-order valence-corrected chi connectivity index (χ2v) is 31.6. The summed E-state index contributed by atoms with van der Waals surface area (Å²) in [6.45, 7) is 11.4. The molecular weight excluding hydrogens is 1650 g/mol. The molecule has 0 saturated carbocycles. The molecular formula is C86H107ClF3N17O18. The maximum atomic E-state index is 15.5. The number of amides is 16. The molecule has 2 aliphatic rings. The molecule has 0 radical (unpaired) electrons. The number of rotatable bonds is 42. The van der Waals surface area contributed by atoms with E-state index in [2.05, 4.69) is 85.2 Å². The Kier molecular flexibility index (Phi) is 38.4.